The predicted octanol–water partition coefficient (Wildman–Crippen LogP) is 1.64. The molecular weight excluding hydrogens is 698 g/mol. The van der Waals surface area contributed by atoms with Crippen LogP contribution in [0.25, 0.3) is 10.8 Å². The summed E-state index contributed by atoms with van der Waals surface area (Å²) in [5.74, 6) is -3.05. The Hall–Kier alpha value is -5.19. The lowest BCUT2D eigenvalue weighted by Gasteiger charge is -2.30. The molecule has 16 nitrogen and oxygen atoms in total. The molecule has 3 N–H and O–H groups in total. The minimum absolute atomic E-state index is 0.0619. The summed E-state index contributed by atoms with van der Waals surface area (Å²) in [6, 6.07) is 4.34. The van der Waals surface area contributed by atoms with Crippen molar-refractivity contribution >= 4 is 50.6 Å². The molecule has 278 valence electrons. The average Bonchev–Trinajstić information content (AvgIpc) is 4.00. The van der Waals surface area contributed by atoms with Gasteiger partial charge in [-0.3, -0.25) is 19.1 Å². The number of hydrogen-bond acceptors (Lipinski definition) is 12. The van der Waals surface area contributed by atoms with Gasteiger partial charge >= 0.3 is 12.1 Å². The van der Waals surface area contributed by atoms with Gasteiger partial charge in [0, 0.05) is 30.0 Å². The Kier molecular flexibility index (Phi) is 9.91. The first-order chi connectivity index (χ1) is 24.6. The molecule has 17 heteroatoms. The molecule has 5 atom stereocenters. The molecule has 0 spiro atoms. The van der Waals surface area contributed by atoms with Crippen LogP contribution in [0.1, 0.15) is 46.5 Å². The zero-order chi connectivity index (χ0) is 37.4. The molecule has 1 aromatic carbocycles. The van der Waals surface area contributed by atoms with E-state index < -0.39 is 86.9 Å². The van der Waals surface area contributed by atoms with Crippen LogP contribution in [0.3, 0.4) is 0 Å². The quantitative estimate of drug-likeness (QED) is 0.347. The number of carbonyl (C=O) groups excluding carboxylic acids is 5. The predicted molar refractivity (Wildman–Crippen MR) is 184 cm³/mol. The van der Waals surface area contributed by atoms with Crippen LogP contribution in [0.4, 0.5) is 4.79 Å². The first-order valence-corrected chi connectivity index (χ1v) is 18.4. The number of cyclic esters (lactones) is 1. The number of sulfonamides is 1. The van der Waals surface area contributed by atoms with Gasteiger partial charge in [0.1, 0.15) is 41.7 Å². The lowest BCUT2D eigenvalue weighted by molar-refractivity contribution is -0.145. The van der Waals surface area contributed by atoms with Crippen LogP contribution in [-0.4, -0.2) is 103 Å². The van der Waals surface area contributed by atoms with Crippen molar-refractivity contribution in [3.63, 3.8) is 0 Å². The van der Waals surface area contributed by atoms with Gasteiger partial charge in [-0.1, -0.05) is 18.2 Å². The summed E-state index contributed by atoms with van der Waals surface area (Å²) in [6.45, 7) is 4.15. The smallest absolute Gasteiger partial charge is 0.408 e. The summed E-state index contributed by atoms with van der Waals surface area (Å²) in [5, 5.41) is 5.93. The van der Waals surface area contributed by atoms with Gasteiger partial charge in [-0.25, -0.2) is 23.0 Å². The van der Waals surface area contributed by atoms with Crippen LogP contribution in [0.5, 0.6) is 11.6 Å². The number of methoxy groups -OCH3 is 1. The lowest BCUT2D eigenvalue weighted by atomic mass is 10.1. The molecule has 3 heterocycles. The molecule has 4 amide bonds. The van der Waals surface area contributed by atoms with E-state index in [-0.39, 0.29) is 25.3 Å². The molecule has 2 saturated carbocycles. The second-order valence-corrected chi connectivity index (χ2v) is 16.2. The van der Waals surface area contributed by atoms with Crippen molar-refractivity contribution < 1.29 is 51.3 Å². The number of aromatic nitrogens is 1. The molecule has 0 radical (unpaired) electrons. The van der Waals surface area contributed by atoms with Gasteiger partial charge in [-0.05, 0) is 69.7 Å². The number of alkyl carbamates (subject to hydrolysis) is 1. The fourth-order valence-corrected chi connectivity index (χ4v) is 7.58. The number of amides is 4. The van der Waals surface area contributed by atoms with Gasteiger partial charge in [-0.15, -0.1) is 0 Å². The number of nitrogens with zero attached hydrogens (tertiary/aromatic N) is 2. The fraction of sp³-hybridized carbons (Fsp3) is 0.486. The van der Waals surface area contributed by atoms with Crippen molar-refractivity contribution in [3.05, 3.63) is 54.8 Å². The number of rotatable bonds is 7. The number of pyridine rings is 1. The SMILES string of the molecule is COc1ccc2c(OC3CC4C(=O)NC5(C(=O)NS(=O)(=O)C6CC6)CC5C=CC=CC(=O)OCC(NC(=O)OC(C)(C)C)C(=O)N4C3)nccc2c1. The molecule has 1 saturated heterocycles. The van der Waals surface area contributed by atoms with Crippen molar-refractivity contribution in [3.8, 4) is 11.6 Å². The standard InChI is InChI=1S/C35H41N5O11S/c1-34(2,3)51-33(45)37-26-19-49-28(41)8-6-5-7-21-17-35(21,32(44)39-52(46,47)24-10-11-24)38-29(42)27-16-23(18-40(27)31(26)43)50-30-25-12-9-22(48-4)15-20(25)13-14-36-30/h5-9,12-15,21,23-24,26-27H,10-11,16-19H2,1-4H3,(H,37,45)(H,38,42)(H,39,44). The van der Waals surface area contributed by atoms with Crippen molar-refractivity contribution in [2.24, 2.45) is 5.92 Å². The highest BCUT2D eigenvalue weighted by Gasteiger charge is 2.62. The lowest BCUT2D eigenvalue weighted by Crippen LogP contribution is -2.59. The molecule has 5 unspecified atom stereocenters. The number of hydrogen-bond donors (Lipinski definition) is 3. The van der Waals surface area contributed by atoms with E-state index in [0.29, 0.717) is 24.0 Å². The van der Waals surface area contributed by atoms with Crippen molar-refractivity contribution in [1.82, 2.24) is 25.2 Å². The monoisotopic (exact) mass is 739 g/mol. The van der Waals surface area contributed by atoms with Gasteiger partial charge in [-0.2, -0.15) is 0 Å². The Morgan fingerprint density at radius 1 is 1.12 bits per heavy atom. The Bertz CT molecular complexity index is 1950. The highest BCUT2D eigenvalue weighted by Crippen LogP contribution is 2.46. The van der Waals surface area contributed by atoms with Crippen LogP contribution in [0.2, 0.25) is 0 Å². The van der Waals surface area contributed by atoms with Crippen LogP contribution < -0.4 is 24.8 Å². The summed E-state index contributed by atoms with van der Waals surface area (Å²) in [7, 11) is -2.42. The fourth-order valence-electron chi connectivity index (χ4n) is 6.22. The Balaban J connectivity index is 1.33. The maximum Gasteiger partial charge on any atom is 0.408 e. The van der Waals surface area contributed by atoms with Crippen LogP contribution in [0, 0.1) is 5.92 Å². The molecule has 0 bridgehead atoms. The van der Waals surface area contributed by atoms with Crippen LogP contribution >= 0.6 is 0 Å². The molecule has 2 aromatic rings. The zero-order valence-corrected chi connectivity index (χ0v) is 29.9. The maximum atomic E-state index is 14.3. The number of nitrogens with one attached hydrogen (secondary N) is 3. The summed E-state index contributed by atoms with van der Waals surface area (Å²) in [5.41, 5.74) is -2.58. The Morgan fingerprint density at radius 3 is 2.60 bits per heavy atom. The van der Waals surface area contributed by atoms with E-state index in [0.717, 1.165) is 11.5 Å². The maximum absolute atomic E-state index is 14.3. The molecular formula is C35H41N5O11S. The van der Waals surface area contributed by atoms with E-state index in [1.54, 1.807) is 64.4 Å². The number of allylic oxidation sites excluding steroid dienone is 2. The van der Waals surface area contributed by atoms with Gasteiger partial charge in [0.25, 0.3) is 5.91 Å². The van der Waals surface area contributed by atoms with Gasteiger partial charge in [0.2, 0.25) is 27.7 Å². The van der Waals surface area contributed by atoms with Crippen molar-refractivity contribution in [2.75, 3.05) is 20.3 Å². The molecule has 6 rings (SSSR count). The van der Waals surface area contributed by atoms with E-state index >= 15 is 0 Å². The Labute approximate surface area is 300 Å². The molecule has 52 heavy (non-hydrogen) atoms. The third kappa shape index (κ3) is 8.14. The van der Waals surface area contributed by atoms with Crippen LogP contribution in [-0.2, 0) is 38.7 Å². The van der Waals surface area contributed by atoms with E-state index in [1.807, 2.05) is 0 Å². The minimum Gasteiger partial charge on any atom is -0.497 e. The summed E-state index contributed by atoms with van der Waals surface area (Å²) in [4.78, 5) is 73.2. The van der Waals surface area contributed by atoms with E-state index in [9.17, 15) is 32.4 Å². The molecule has 2 aliphatic carbocycles. The largest absolute Gasteiger partial charge is 0.497 e. The second-order valence-electron chi connectivity index (χ2n) is 14.2. The molecule has 4 aliphatic rings. The summed E-state index contributed by atoms with van der Waals surface area (Å²) >= 11 is 0. The van der Waals surface area contributed by atoms with Gasteiger partial charge < -0.3 is 34.5 Å². The van der Waals surface area contributed by atoms with Crippen LogP contribution in [0.15, 0.2) is 54.8 Å². The Morgan fingerprint density at radius 2 is 1.88 bits per heavy atom. The highest BCUT2D eigenvalue weighted by atomic mass is 32.2. The number of fused-ring (bicyclic) bond motifs is 3. The van der Waals surface area contributed by atoms with Crippen molar-refractivity contribution in [2.45, 2.75) is 81.0 Å². The topological polar surface area (TPSA) is 209 Å². The first-order valence-electron chi connectivity index (χ1n) is 16.9. The molecule has 1 aromatic heterocycles. The number of ether oxygens (including phenoxy) is 4. The normalized spacial score (nSPS) is 26.5. The molecule has 2 aliphatic heterocycles. The van der Waals surface area contributed by atoms with Gasteiger partial charge in [0.15, 0.2) is 0 Å². The second kappa shape index (κ2) is 14.1. The molecule has 3 fully saturated rings. The summed E-state index contributed by atoms with van der Waals surface area (Å²) in [6.07, 6.45) is 6.10. The minimum atomic E-state index is -3.96. The highest BCUT2D eigenvalue weighted by molar-refractivity contribution is 7.91. The third-order valence-corrected chi connectivity index (χ3v) is 10.9. The summed E-state index contributed by atoms with van der Waals surface area (Å²) < 4.78 is 49.9. The number of esters is 1. The van der Waals surface area contributed by atoms with Crippen molar-refractivity contribution in [1.29, 1.82) is 0 Å². The van der Waals surface area contributed by atoms with E-state index in [4.69, 9.17) is 18.9 Å². The van der Waals surface area contributed by atoms with E-state index in [2.05, 4.69) is 20.3 Å². The van der Waals surface area contributed by atoms with Gasteiger partial charge in [0.05, 0.1) is 18.9 Å². The average molecular weight is 740 g/mol. The number of benzene rings is 1. The number of carbonyl (C=O) groups is 5. The van der Waals surface area contributed by atoms with E-state index in [1.165, 1.54) is 17.1 Å². The third-order valence-electron chi connectivity index (χ3n) is 9.09. The first kappa shape index (κ1) is 36.6. The zero-order valence-electron chi connectivity index (χ0n) is 29.1.